The molecule has 18 heavy (non-hydrogen) atoms. The van der Waals surface area contributed by atoms with Gasteiger partial charge in [-0.05, 0) is 35.9 Å². The van der Waals surface area contributed by atoms with Crippen molar-refractivity contribution >= 4 is 27.5 Å². The van der Waals surface area contributed by atoms with Gasteiger partial charge in [-0.25, -0.2) is 0 Å². The van der Waals surface area contributed by atoms with E-state index in [0.29, 0.717) is 16.6 Å². The highest BCUT2D eigenvalue weighted by molar-refractivity contribution is 9.08. The predicted molar refractivity (Wildman–Crippen MR) is 75.1 cm³/mol. The van der Waals surface area contributed by atoms with Crippen LogP contribution >= 0.6 is 15.9 Å². The first kappa shape index (κ1) is 12.6. The predicted octanol–water partition coefficient (Wildman–Crippen LogP) is 3.54. The number of phenols is 1. The standard InChI is InChI=1S/C14H12BrNO2/c15-9-10-3-1-2-4-13(10)14(18)16-11-5-7-12(17)8-6-11/h1-8,17H,9H2,(H,16,18). The lowest BCUT2D eigenvalue weighted by Gasteiger charge is -2.08. The first-order chi connectivity index (χ1) is 8.70. The number of hydrogen-bond donors (Lipinski definition) is 2. The number of halogens is 1. The molecule has 4 heteroatoms. The molecule has 0 atom stereocenters. The second-order valence-corrected chi connectivity index (χ2v) is 4.35. The normalized spacial score (nSPS) is 10.1. The van der Waals surface area contributed by atoms with E-state index in [9.17, 15) is 9.90 Å². The zero-order chi connectivity index (χ0) is 13.0. The number of anilines is 1. The highest BCUT2D eigenvalue weighted by Gasteiger charge is 2.09. The third-order valence-electron chi connectivity index (χ3n) is 2.53. The molecule has 2 rings (SSSR count). The number of hydrogen-bond acceptors (Lipinski definition) is 2. The number of carbonyl (C=O) groups is 1. The van der Waals surface area contributed by atoms with Gasteiger partial charge in [0.15, 0.2) is 0 Å². The van der Waals surface area contributed by atoms with Crippen molar-refractivity contribution < 1.29 is 9.90 Å². The maximum absolute atomic E-state index is 12.1. The molecular weight excluding hydrogens is 294 g/mol. The van der Waals surface area contributed by atoms with E-state index >= 15 is 0 Å². The van der Waals surface area contributed by atoms with E-state index in [-0.39, 0.29) is 11.7 Å². The van der Waals surface area contributed by atoms with Crippen molar-refractivity contribution in [3.8, 4) is 5.75 Å². The molecule has 0 fully saturated rings. The lowest BCUT2D eigenvalue weighted by Crippen LogP contribution is -2.13. The summed E-state index contributed by atoms with van der Waals surface area (Å²) in [7, 11) is 0. The van der Waals surface area contributed by atoms with Gasteiger partial charge in [0, 0.05) is 16.6 Å². The zero-order valence-corrected chi connectivity index (χ0v) is 11.1. The van der Waals surface area contributed by atoms with Gasteiger partial charge in [-0.3, -0.25) is 4.79 Å². The third-order valence-corrected chi connectivity index (χ3v) is 3.14. The molecule has 92 valence electrons. The van der Waals surface area contributed by atoms with E-state index in [2.05, 4.69) is 21.2 Å². The van der Waals surface area contributed by atoms with Crippen LogP contribution in [0.1, 0.15) is 15.9 Å². The molecule has 0 unspecified atom stereocenters. The molecule has 2 N–H and O–H groups in total. The van der Waals surface area contributed by atoms with Crippen molar-refractivity contribution in [3.63, 3.8) is 0 Å². The van der Waals surface area contributed by atoms with E-state index in [1.54, 1.807) is 18.2 Å². The van der Waals surface area contributed by atoms with Gasteiger partial charge in [-0.2, -0.15) is 0 Å². The van der Waals surface area contributed by atoms with Crippen LogP contribution in [0.3, 0.4) is 0 Å². The van der Waals surface area contributed by atoms with Crippen LogP contribution in [-0.2, 0) is 5.33 Å². The summed E-state index contributed by atoms with van der Waals surface area (Å²) in [5, 5.41) is 12.6. The Balaban J connectivity index is 2.19. The minimum atomic E-state index is -0.157. The molecule has 0 heterocycles. The van der Waals surface area contributed by atoms with Crippen LogP contribution in [-0.4, -0.2) is 11.0 Å². The lowest BCUT2D eigenvalue weighted by atomic mass is 10.1. The Morgan fingerprint density at radius 2 is 1.78 bits per heavy atom. The van der Waals surface area contributed by atoms with Gasteiger partial charge >= 0.3 is 0 Å². The molecular formula is C14H12BrNO2. The summed E-state index contributed by atoms with van der Waals surface area (Å²) in [6, 6.07) is 13.8. The van der Waals surface area contributed by atoms with Crippen LogP contribution < -0.4 is 5.32 Å². The van der Waals surface area contributed by atoms with Crippen LogP contribution in [0.5, 0.6) is 5.75 Å². The smallest absolute Gasteiger partial charge is 0.255 e. The van der Waals surface area contributed by atoms with Crippen LogP contribution in [0.25, 0.3) is 0 Å². The molecule has 0 aliphatic rings. The first-order valence-electron chi connectivity index (χ1n) is 5.45. The minimum absolute atomic E-state index is 0.157. The van der Waals surface area contributed by atoms with Gasteiger partial charge in [0.05, 0.1) is 0 Å². The summed E-state index contributed by atoms with van der Waals surface area (Å²) in [6.45, 7) is 0. The number of phenolic OH excluding ortho intramolecular Hbond substituents is 1. The van der Waals surface area contributed by atoms with Crippen molar-refractivity contribution in [2.75, 3.05) is 5.32 Å². The summed E-state index contributed by atoms with van der Waals surface area (Å²) in [4.78, 5) is 12.1. The largest absolute Gasteiger partial charge is 0.508 e. The molecule has 2 aromatic rings. The van der Waals surface area contributed by atoms with Crippen molar-refractivity contribution in [2.24, 2.45) is 0 Å². The number of nitrogens with one attached hydrogen (secondary N) is 1. The van der Waals surface area contributed by atoms with E-state index in [1.165, 1.54) is 12.1 Å². The third kappa shape index (κ3) is 2.90. The molecule has 0 saturated carbocycles. The average molecular weight is 306 g/mol. The average Bonchev–Trinajstić information content (AvgIpc) is 2.41. The van der Waals surface area contributed by atoms with E-state index in [1.807, 2.05) is 18.2 Å². The maximum Gasteiger partial charge on any atom is 0.255 e. The Bertz CT molecular complexity index is 552. The van der Waals surface area contributed by atoms with E-state index < -0.39 is 0 Å². The molecule has 0 spiro atoms. The number of rotatable bonds is 3. The number of amides is 1. The second-order valence-electron chi connectivity index (χ2n) is 3.79. The molecule has 0 radical (unpaired) electrons. The zero-order valence-electron chi connectivity index (χ0n) is 9.56. The summed E-state index contributed by atoms with van der Waals surface area (Å²) in [5.74, 6) is 0.0181. The first-order valence-corrected chi connectivity index (χ1v) is 6.57. The Morgan fingerprint density at radius 3 is 2.44 bits per heavy atom. The topological polar surface area (TPSA) is 49.3 Å². The van der Waals surface area contributed by atoms with E-state index in [0.717, 1.165) is 5.56 Å². The molecule has 0 aliphatic heterocycles. The fraction of sp³-hybridized carbons (Fsp3) is 0.0714. The maximum atomic E-state index is 12.1. The SMILES string of the molecule is O=C(Nc1ccc(O)cc1)c1ccccc1CBr. The Morgan fingerprint density at radius 1 is 1.11 bits per heavy atom. The van der Waals surface area contributed by atoms with Gasteiger partial charge in [0.1, 0.15) is 5.75 Å². The molecule has 0 aliphatic carbocycles. The number of alkyl halides is 1. The molecule has 0 aromatic heterocycles. The van der Waals surface area contributed by atoms with Gasteiger partial charge in [0.25, 0.3) is 5.91 Å². The van der Waals surface area contributed by atoms with Crippen LogP contribution in [0.4, 0.5) is 5.69 Å². The summed E-state index contributed by atoms with van der Waals surface area (Å²) < 4.78 is 0. The Labute approximate surface area is 114 Å². The van der Waals surface area contributed by atoms with Crippen molar-refractivity contribution in [2.45, 2.75) is 5.33 Å². The van der Waals surface area contributed by atoms with E-state index in [4.69, 9.17) is 0 Å². The van der Waals surface area contributed by atoms with Gasteiger partial charge in [-0.15, -0.1) is 0 Å². The summed E-state index contributed by atoms with van der Waals surface area (Å²) in [6.07, 6.45) is 0. The molecule has 0 saturated heterocycles. The molecule has 2 aromatic carbocycles. The monoisotopic (exact) mass is 305 g/mol. The van der Waals surface area contributed by atoms with Crippen molar-refractivity contribution in [1.29, 1.82) is 0 Å². The summed E-state index contributed by atoms with van der Waals surface area (Å²) in [5.41, 5.74) is 2.23. The molecule has 1 amide bonds. The molecule has 0 bridgehead atoms. The fourth-order valence-electron chi connectivity index (χ4n) is 1.60. The van der Waals surface area contributed by atoms with Crippen molar-refractivity contribution in [3.05, 3.63) is 59.7 Å². The summed E-state index contributed by atoms with van der Waals surface area (Å²) >= 11 is 3.36. The number of aromatic hydroxyl groups is 1. The van der Waals surface area contributed by atoms with Crippen molar-refractivity contribution in [1.82, 2.24) is 0 Å². The molecule has 3 nitrogen and oxygen atoms in total. The minimum Gasteiger partial charge on any atom is -0.508 e. The second kappa shape index (κ2) is 5.69. The number of benzene rings is 2. The van der Waals surface area contributed by atoms with Gasteiger partial charge in [-0.1, -0.05) is 34.1 Å². The van der Waals surface area contributed by atoms with Crippen LogP contribution in [0.2, 0.25) is 0 Å². The lowest BCUT2D eigenvalue weighted by molar-refractivity contribution is 0.102. The number of carbonyl (C=O) groups excluding carboxylic acids is 1. The van der Waals surface area contributed by atoms with Gasteiger partial charge in [0.2, 0.25) is 0 Å². The Hall–Kier alpha value is -1.81. The van der Waals surface area contributed by atoms with Gasteiger partial charge < -0.3 is 10.4 Å². The quantitative estimate of drug-likeness (QED) is 0.673. The Kier molecular flexibility index (Phi) is 3.99. The highest BCUT2D eigenvalue weighted by Crippen LogP contribution is 2.17. The van der Waals surface area contributed by atoms with Crippen LogP contribution in [0.15, 0.2) is 48.5 Å². The fourth-order valence-corrected chi connectivity index (χ4v) is 2.09. The highest BCUT2D eigenvalue weighted by atomic mass is 79.9. The van der Waals surface area contributed by atoms with Crippen LogP contribution in [0, 0.1) is 0 Å².